The number of ether oxygens (including phenoxy) is 2. The average molecular weight is 303 g/mol. The minimum Gasteiger partial charge on any atom is -0.497 e. The van der Waals surface area contributed by atoms with Crippen LogP contribution in [0.4, 0.5) is 0 Å². The summed E-state index contributed by atoms with van der Waals surface area (Å²) in [6.07, 6.45) is 0. The highest BCUT2D eigenvalue weighted by Crippen LogP contribution is 2.24. The summed E-state index contributed by atoms with van der Waals surface area (Å²) in [5, 5.41) is 2.85. The summed E-state index contributed by atoms with van der Waals surface area (Å²) >= 11 is 0. The molecule has 5 nitrogen and oxygen atoms in total. The molecule has 0 aliphatic rings. The van der Waals surface area contributed by atoms with E-state index in [1.807, 2.05) is 26.0 Å². The molecule has 2 atom stereocenters. The van der Waals surface area contributed by atoms with Gasteiger partial charge in [0.1, 0.15) is 11.5 Å². The third-order valence-corrected chi connectivity index (χ3v) is 3.15. The van der Waals surface area contributed by atoms with E-state index in [1.54, 1.807) is 20.3 Å². The van der Waals surface area contributed by atoms with E-state index in [0.717, 1.165) is 11.3 Å². The van der Waals surface area contributed by atoms with Gasteiger partial charge in [0, 0.05) is 30.1 Å². The normalized spacial score (nSPS) is 12.8. The molecule has 0 aromatic heterocycles. The maximum atomic E-state index is 11.8. The highest BCUT2D eigenvalue weighted by atomic mass is 35.5. The molecule has 114 valence electrons. The van der Waals surface area contributed by atoms with E-state index in [0.29, 0.717) is 12.3 Å². The van der Waals surface area contributed by atoms with Gasteiger partial charge in [-0.05, 0) is 19.1 Å². The summed E-state index contributed by atoms with van der Waals surface area (Å²) in [5.74, 6) is 1.13. The van der Waals surface area contributed by atoms with Crippen LogP contribution in [-0.2, 0) is 11.3 Å². The minimum absolute atomic E-state index is 0. The van der Waals surface area contributed by atoms with Crippen molar-refractivity contribution in [3.05, 3.63) is 23.8 Å². The van der Waals surface area contributed by atoms with Crippen LogP contribution in [0.2, 0.25) is 0 Å². The van der Waals surface area contributed by atoms with Gasteiger partial charge >= 0.3 is 0 Å². The summed E-state index contributed by atoms with van der Waals surface area (Å²) in [4.78, 5) is 11.8. The van der Waals surface area contributed by atoms with Gasteiger partial charge in [-0.3, -0.25) is 4.79 Å². The predicted molar refractivity (Wildman–Crippen MR) is 81.5 cm³/mol. The van der Waals surface area contributed by atoms with E-state index in [4.69, 9.17) is 15.2 Å². The lowest BCUT2D eigenvalue weighted by Gasteiger charge is -2.16. The van der Waals surface area contributed by atoms with Crippen LogP contribution in [0.3, 0.4) is 0 Å². The number of carbonyl (C=O) groups is 1. The van der Waals surface area contributed by atoms with Crippen LogP contribution >= 0.6 is 12.4 Å². The second kappa shape index (κ2) is 8.66. The molecule has 6 heteroatoms. The van der Waals surface area contributed by atoms with Crippen molar-refractivity contribution in [1.29, 1.82) is 0 Å². The Bertz CT molecular complexity index is 438. The Hall–Kier alpha value is -1.46. The Morgan fingerprint density at radius 2 is 1.95 bits per heavy atom. The third-order valence-electron chi connectivity index (χ3n) is 3.15. The second-order valence-electron chi connectivity index (χ2n) is 4.54. The van der Waals surface area contributed by atoms with Gasteiger partial charge in [-0.1, -0.05) is 6.92 Å². The quantitative estimate of drug-likeness (QED) is 0.839. The van der Waals surface area contributed by atoms with Crippen molar-refractivity contribution in [3.8, 4) is 11.5 Å². The maximum absolute atomic E-state index is 11.8. The number of carbonyl (C=O) groups excluding carboxylic acids is 1. The first kappa shape index (κ1) is 18.5. The lowest BCUT2D eigenvalue weighted by molar-refractivity contribution is -0.125. The zero-order valence-electron chi connectivity index (χ0n) is 12.3. The number of nitrogens with one attached hydrogen (secondary N) is 1. The molecule has 1 aromatic rings. The standard InChI is InChI=1S/C14H22N2O3.ClH/c1-9(10(2)15)14(17)16-8-11-5-6-12(18-3)7-13(11)19-4;/h5-7,9-10H,8,15H2,1-4H3,(H,16,17);1H. The molecule has 1 amide bonds. The summed E-state index contributed by atoms with van der Waals surface area (Å²) in [5.41, 5.74) is 6.59. The molecule has 2 unspecified atom stereocenters. The number of amides is 1. The summed E-state index contributed by atoms with van der Waals surface area (Å²) in [7, 11) is 3.19. The topological polar surface area (TPSA) is 73.6 Å². The second-order valence-corrected chi connectivity index (χ2v) is 4.54. The Morgan fingerprint density at radius 3 is 2.45 bits per heavy atom. The lowest BCUT2D eigenvalue weighted by Crippen LogP contribution is -2.38. The van der Waals surface area contributed by atoms with E-state index in [9.17, 15) is 4.79 Å². The van der Waals surface area contributed by atoms with Crippen LogP contribution in [0.5, 0.6) is 11.5 Å². The van der Waals surface area contributed by atoms with Gasteiger partial charge in [-0.25, -0.2) is 0 Å². The van der Waals surface area contributed by atoms with Gasteiger partial charge in [-0.15, -0.1) is 12.4 Å². The molecule has 0 aliphatic heterocycles. The predicted octanol–water partition coefficient (Wildman–Crippen LogP) is 1.73. The minimum atomic E-state index is -0.218. The monoisotopic (exact) mass is 302 g/mol. The third kappa shape index (κ3) is 4.90. The van der Waals surface area contributed by atoms with Crippen molar-refractivity contribution < 1.29 is 14.3 Å². The molecule has 0 heterocycles. The number of nitrogens with two attached hydrogens (primary N) is 1. The molecule has 0 aliphatic carbocycles. The van der Waals surface area contributed by atoms with Crippen molar-refractivity contribution in [2.24, 2.45) is 11.7 Å². The van der Waals surface area contributed by atoms with Crippen molar-refractivity contribution in [3.63, 3.8) is 0 Å². The number of hydrogen-bond acceptors (Lipinski definition) is 4. The lowest BCUT2D eigenvalue weighted by atomic mass is 10.0. The molecule has 0 spiro atoms. The summed E-state index contributed by atoms with van der Waals surface area (Å²) in [6, 6.07) is 5.32. The van der Waals surface area contributed by atoms with Crippen LogP contribution in [-0.4, -0.2) is 26.2 Å². The van der Waals surface area contributed by atoms with Gasteiger partial charge in [0.2, 0.25) is 5.91 Å². The van der Waals surface area contributed by atoms with Crippen molar-refractivity contribution in [2.45, 2.75) is 26.4 Å². The fraction of sp³-hybridized carbons (Fsp3) is 0.500. The Labute approximate surface area is 126 Å². The van der Waals surface area contributed by atoms with E-state index < -0.39 is 0 Å². The fourth-order valence-electron chi connectivity index (χ4n) is 1.58. The van der Waals surface area contributed by atoms with Crippen LogP contribution in [0.25, 0.3) is 0 Å². The van der Waals surface area contributed by atoms with Gasteiger partial charge in [0.05, 0.1) is 14.2 Å². The van der Waals surface area contributed by atoms with Crippen molar-refractivity contribution in [2.75, 3.05) is 14.2 Å². The molecule has 1 rings (SSSR count). The highest BCUT2D eigenvalue weighted by molar-refractivity contribution is 5.85. The number of benzene rings is 1. The molecule has 1 aromatic carbocycles. The number of rotatable bonds is 6. The maximum Gasteiger partial charge on any atom is 0.224 e. The molecule has 0 fully saturated rings. The summed E-state index contributed by atoms with van der Waals surface area (Å²) < 4.78 is 10.4. The highest BCUT2D eigenvalue weighted by Gasteiger charge is 2.17. The zero-order valence-corrected chi connectivity index (χ0v) is 13.1. The molecule has 0 saturated carbocycles. The Kier molecular flexibility index (Phi) is 8.03. The van der Waals surface area contributed by atoms with E-state index >= 15 is 0 Å². The molecule has 0 bridgehead atoms. The molecular weight excluding hydrogens is 280 g/mol. The zero-order chi connectivity index (χ0) is 14.4. The molecule has 20 heavy (non-hydrogen) atoms. The van der Waals surface area contributed by atoms with Crippen LogP contribution in [0.1, 0.15) is 19.4 Å². The molecule has 3 N–H and O–H groups in total. The number of methoxy groups -OCH3 is 2. The van der Waals surface area contributed by atoms with Crippen LogP contribution in [0, 0.1) is 5.92 Å². The van der Waals surface area contributed by atoms with Crippen molar-refractivity contribution in [1.82, 2.24) is 5.32 Å². The van der Waals surface area contributed by atoms with E-state index in [2.05, 4.69) is 5.32 Å². The average Bonchev–Trinajstić information content (AvgIpc) is 2.43. The largest absolute Gasteiger partial charge is 0.497 e. The Balaban J connectivity index is 0.00000361. The summed E-state index contributed by atoms with van der Waals surface area (Å²) in [6.45, 7) is 4.03. The van der Waals surface area contributed by atoms with Crippen LogP contribution in [0.15, 0.2) is 18.2 Å². The molecule has 0 saturated heterocycles. The van der Waals surface area contributed by atoms with E-state index in [-0.39, 0.29) is 30.3 Å². The number of hydrogen-bond donors (Lipinski definition) is 2. The first-order chi connectivity index (χ1) is 8.99. The van der Waals surface area contributed by atoms with Gasteiger partial charge in [0.25, 0.3) is 0 Å². The van der Waals surface area contributed by atoms with Gasteiger partial charge in [0.15, 0.2) is 0 Å². The van der Waals surface area contributed by atoms with Gasteiger partial charge in [-0.2, -0.15) is 0 Å². The van der Waals surface area contributed by atoms with Crippen LogP contribution < -0.4 is 20.5 Å². The first-order valence-electron chi connectivity index (χ1n) is 6.23. The van der Waals surface area contributed by atoms with Gasteiger partial charge < -0.3 is 20.5 Å². The smallest absolute Gasteiger partial charge is 0.224 e. The first-order valence-corrected chi connectivity index (χ1v) is 6.23. The Morgan fingerprint density at radius 1 is 1.30 bits per heavy atom. The molecule has 0 radical (unpaired) electrons. The van der Waals surface area contributed by atoms with Crippen molar-refractivity contribution >= 4 is 18.3 Å². The van der Waals surface area contributed by atoms with E-state index in [1.165, 1.54) is 0 Å². The molecular formula is C14H23ClN2O3. The number of halogens is 1. The SMILES string of the molecule is COc1ccc(CNC(=O)C(C)C(C)N)c(OC)c1.Cl. The fourth-order valence-corrected chi connectivity index (χ4v) is 1.58.